The fourth-order valence-corrected chi connectivity index (χ4v) is 2.11. The van der Waals surface area contributed by atoms with E-state index in [0.717, 1.165) is 17.7 Å². The topological polar surface area (TPSA) is 38.7 Å². The molecule has 0 fully saturated rings. The van der Waals surface area contributed by atoms with Gasteiger partial charge in [-0.25, -0.2) is 8.78 Å². The fraction of sp³-hybridized carbons (Fsp3) is 0.250. The van der Waals surface area contributed by atoms with Crippen molar-refractivity contribution in [2.45, 2.75) is 13.0 Å². The van der Waals surface area contributed by atoms with Crippen LogP contribution in [0, 0.1) is 18.6 Å². The summed E-state index contributed by atoms with van der Waals surface area (Å²) in [5, 5.41) is 10.3. The van der Waals surface area contributed by atoms with E-state index in [2.05, 4.69) is 0 Å². The molecule has 2 aromatic rings. The number of benzene rings is 2. The minimum absolute atomic E-state index is 0.0578. The summed E-state index contributed by atoms with van der Waals surface area (Å²) in [6.45, 7) is 1.84. The average Bonchev–Trinajstić information content (AvgIpc) is 2.46. The van der Waals surface area contributed by atoms with Gasteiger partial charge in [0.05, 0.1) is 19.8 Å². The molecule has 0 heterocycles. The summed E-state index contributed by atoms with van der Waals surface area (Å²) in [5.41, 5.74) is 0.797. The molecule has 2 rings (SSSR count). The molecule has 1 atom stereocenters. The maximum Gasteiger partial charge on any atom is 0.135 e. The second-order valence-corrected chi connectivity index (χ2v) is 4.64. The van der Waals surface area contributed by atoms with Crippen LogP contribution < -0.4 is 9.47 Å². The van der Waals surface area contributed by atoms with Crippen LogP contribution in [-0.4, -0.2) is 19.3 Å². The molecule has 0 aliphatic heterocycles. The Hall–Kier alpha value is -2.14. The van der Waals surface area contributed by atoms with E-state index in [1.807, 2.05) is 6.92 Å². The van der Waals surface area contributed by atoms with Crippen molar-refractivity contribution in [1.82, 2.24) is 0 Å². The molecular weight excluding hydrogens is 278 g/mol. The zero-order valence-electron chi connectivity index (χ0n) is 12.0. The molecule has 0 saturated carbocycles. The van der Waals surface area contributed by atoms with Gasteiger partial charge in [-0.15, -0.1) is 0 Å². The molecule has 0 saturated heterocycles. The second kappa shape index (κ2) is 6.10. The molecule has 21 heavy (non-hydrogen) atoms. The van der Waals surface area contributed by atoms with Crippen molar-refractivity contribution >= 4 is 0 Å². The highest BCUT2D eigenvalue weighted by Crippen LogP contribution is 2.32. The Kier molecular flexibility index (Phi) is 4.43. The summed E-state index contributed by atoms with van der Waals surface area (Å²) in [4.78, 5) is 0. The standard InChI is InChI=1S/C16H16F2O3/c1-9-4-5-10(6-14(9)21-3)16(19)15-12(17)7-11(20-2)8-13(15)18/h4-8,16,19H,1-3H3. The molecule has 0 radical (unpaired) electrons. The largest absolute Gasteiger partial charge is 0.497 e. The Morgan fingerprint density at radius 1 is 1.00 bits per heavy atom. The summed E-state index contributed by atoms with van der Waals surface area (Å²) < 4.78 is 37.9. The first-order chi connectivity index (χ1) is 9.97. The first-order valence-electron chi connectivity index (χ1n) is 6.33. The minimum Gasteiger partial charge on any atom is -0.497 e. The molecule has 0 aromatic heterocycles. The average molecular weight is 294 g/mol. The monoisotopic (exact) mass is 294 g/mol. The first kappa shape index (κ1) is 15.3. The van der Waals surface area contributed by atoms with Crippen molar-refractivity contribution in [3.63, 3.8) is 0 Å². The number of rotatable bonds is 4. The van der Waals surface area contributed by atoms with Crippen LogP contribution in [-0.2, 0) is 0 Å². The predicted molar refractivity (Wildman–Crippen MR) is 74.7 cm³/mol. The van der Waals surface area contributed by atoms with Gasteiger partial charge in [0.2, 0.25) is 0 Å². The Balaban J connectivity index is 2.47. The molecule has 2 aromatic carbocycles. The summed E-state index contributed by atoms with van der Waals surface area (Å²) in [7, 11) is 2.81. The highest BCUT2D eigenvalue weighted by molar-refractivity contribution is 5.42. The van der Waals surface area contributed by atoms with Crippen molar-refractivity contribution in [3.05, 3.63) is 58.7 Å². The molecule has 0 amide bonds. The molecule has 112 valence electrons. The van der Waals surface area contributed by atoms with E-state index in [4.69, 9.17) is 9.47 Å². The number of ether oxygens (including phenoxy) is 2. The highest BCUT2D eigenvalue weighted by atomic mass is 19.1. The van der Waals surface area contributed by atoms with Crippen molar-refractivity contribution in [2.75, 3.05) is 14.2 Å². The predicted octanol–water partition coefficient (Wildman–Crippen LogP) is 3.37. The third kappa shape index (κ3) is 2.97. The lowest BCUT2D eigenvalue weighted by Gasteiger charge is -2.16. The third-order valence-electron chi connectivity index (χ3n) is 3.31. The zero-order chi connectivity index (χ0) is 15.6. The molecule has 5 heteroatoms. The minimum atomic E-state index is -1.43. The maximum atomic E-state index is 14.0. The lowest BCUT2D eigenvalue weighted by molar-refractivity contribution is 0.208. The van der Waals surface area contributed by atoms with E-state index < -0.39 is 23.3 Å². The number of halogens is 2. The van der Waals surface area contributed by atoms with Crippen LogP contribution in [0.15, 0.2) is 30.3 Å². The fourth-order valence-electron chi connectivity index (χ4n) is 2.11. The lowest BCUT2D eigenvalue weighted by atomic mass is 9.99. The van der Waals surface area contributed by atoms with E-state index in [1.54, 1.807) is 18.2 Å². The smallest absolute Gasteiger partial charge is 0.135 e. The Labute approximate surface area is 121 Å². The van der Waals surface area contributed by atoms with Crippen LogP contribution in [0.1, 0.15) is 22.8 Å². The number of hydrogen-bond acceptors (Lipinski definition) is 3. The first-order valence-corrected chi connectivity index (χ1v) is 6.33. The van der Waals surface area contributed by atoms with Crippen molar-refractivity contribution < 1.29 is 23.4 Å². The second-order valence-electron chi connectivity index (χ2n) is 4.64. The van der Waals surface area contributed by atoms with Crippen molar-refractivity contribution in [2.24, 2.45) is 0 Å². The van der Waals surface area contributed by atoms with Gasteiger partial charge < -0.3 is 14.6 Å². The van der Waals surface area contributed by atoms with E-state index in [-0.39, 0.29) is 5.75 Å². The molecule has 0 bridgehead atoms. The van der Waals surface area contributed by atoms with Crippen LogP contribution in [0.25, 0.3) is 0 Å². The molecule has 3 nitrogen and oxygen atoms in total. The molecule has 1 N–H and O–H groups in total. The Bertz CT molecular complexity index is 633. The van der Waals surface area contributed by atoms with Gasteiger partial charge in [0, 0.05) is 12.1 Å². The Morgan fingerprint density at radius 3 is 2.14 bits per heavy atom. The third-order valence-corrected chi connectivity index (χ3v) is 3.31. The SMILES string of the molecule is COc1cc(F)c(C(O)c2ccc(C)c(OC)c2)c(F)c1. The quantitative estimate of drug-likeness (QED) is 0.939. The van der Waals surface area contributed by atoms with Crippen LogP contribution in [0.3, 0.4) is 0 Å². The van der Waals surface area contributed by atoms with Crippen LogP contribution >= 0.6 is 0 Å². The van der Waals surface area contributed by atoms with E-state index >= 15 is 0 Å². The van der Waals surface area contributed by atoms with Crippen molar-refractivity contribution in [3.8, 4) is 11.5 Å². The van der Waals surface area contributed by atoms with E-state index in [1.165, 1.54) is 14.2 Å². The van der Waals surface area contributed by atoms with E-state index in [0.29, 0.717) is 11.3 Å². The van der Waals surface area contributed by atoms with Gasteiger partial charge in [0.1, 0.15) is 29.2 Å². The van der Waals surface area contributed by atoms with Crippen LogP contribution in [0.4, 0.5) is 8.78 Å². The molecule has 0 aliphatic carbocycles. The number of hydrogen-bond donors (Lipinski definition) is 1. The zero-order valence-corrected chi connectivity index (χ0v) is 12.0. The van der Waals surface area contributed by atoms with Gasteiger partial charge in [-0.3, -0.25) is 0 Å². The summed E-state index contributed by atoms with van der Waals surface area (Å²) >= 11 is 0. The number of aryl methyl sites for hydroxylation is 1. The lowest BCUT2D eigenvalue weighted by Crippen LogP contribution is -2.07. The van der Waals surface area contributed by atoms with Gasteiger partial charge in [-0.1, -0.05) is 12.1 Å². The summed E-state index contributed by atoms with van der Waals surface area (Å²) in [6, 6.07) is 6.95. The molecule has 0 aliphatic rings. The highest BCUT2D eigenvalue weighted by Gasteiger charge is 2.21. The summed E-state index contributed by atoms with van der Waals surface area (Å²) in [6.07, 6.45) is -1.43. The van der Waals surface area contributed by atoms with Crippen molar-refractivity contribution in [1.29, 1.82) is 0 Å². The maximum absolute atomic E-state index is 14.0. The molecule has 1 unspecified atom stereocenters. The summed E-state index contributed by atoms with van der Waals surface area (Å²) in [5.74, 6) is -1.12. The normalized spacial score (nSPS) is 12.1. The van der Waals surface area contributed by atoms with Gasteiger partial charge in [-0.05, 0) is 24.1 Å². The number of aliphatic hydroxyl groups excluding tert-OH is 1. The number of methoxy groups -OCH3 is 2. The molecular formula is C16H16F2O3. The molecule has 0 spiro atoms. The Morgan fingerprint density at radius 2 is 1.62 bits per heavy atom. The van der Waals surface area contributed by atoms with Gasteiger partial charge in [-0.2, -0.15) is 0 Å². The van der Waals surface area contributed by atoms with E-state index in [9.17, 15) is 13.9 Å². The van der Waals surface area contributed by atoms with Gasteiger partial charge in [0.15, 0.2) is 0 Å². The number of aliphatic hydroxyl groups is 1. The van der Waals surface area contributed by atoms with Gasteiger partial charge in [0.25, 0.3) is 0 Å². The van der Waals surface area contributed by atoms with Gasteiger partial charge >= 0.3 is 0 Å². The van der Waals surface area contributed by atoms with Crippen LogP contribution in [0.5, 0.6) is 11.5 Å². The van der Waals surface area contributed by atoms with Crippen LogP contribution in [0.2, 0.25) is 0 Å².